The van der Waals surface area contributed by atoms with Crippen molar-refractivity contribution in [1.29, 1.82) is 0 Å². The molecule has 0 unspecified atom stereocenters. The zero-order chi connectivity index (χ0) is 21.7. The molecule has 0 aliphatic heterocycles. The van der Waals surface area contributed by atoms with E-state index in [2.05, 4.69) is 15.3 Å². The molecule has 30 heavy (non-hydrogen) atoms. The summed E-state index contributed by atoms with van der Waals surface area (Å²) >= 11 is 6.96. The fourth-order valence-corrected chi connectivity index (χ4v) is 4.54. The minimum absolute atomic E-state index is 0.0279. The SMILES string of the molecule is COc1ccc(Cl)cc1NC(=O)CSc1ncc(S(=O)(=O)c2ccccc2)c(N)n1. The van der Waals surface area contributed by atoms with Crippen molar-refractivity contribution in [2.24, 2.45) is 0 Å². The third-order valence-corrected chi connectivity index (χ3v) is 6.75. The van der Waals surface area contributed by atoms with Crippen LogP contribution >= 0.6 is 23.4 Å². The van der Waals surface area contributed by atoms with Crippen LogP contribution in [0.3, 0.4) is 0 Å². The molecule has 0 radical (unpaired) electrons. The smallest absolute Gasteiger partial charge is 0.234 e. The van der Waals surface area contributed by atoms with Crippen LogP contribution in [0.2, 0.25) is 5.02 Å². The van der Waals surface area contributed by atoms with Gasteiger partial charge in [0.25, 0.3) is 0 Å². The molecule has 3 aromatic rings. The maximum Gasteiger partial charge on any atom is 0.234 e. The predicted molar refractivity (Wildman–Crippen MR) is 116 cm³/mol. The summed E-state index contributed by atoms with van der Waals surface area (Å²) in [7, 11) is -2.35. The summed E-state index contributed by atoms with van der Waals surface area (Å²) in [5.74, 6) is -0.0920. The number of hydrogen-bond donors (Lipinski definition) is 2. The van der Waals surface area contributed by atoms with Crippen LogP contribution in [0.1, 0.15) is 0 Å². The number of carbonyl (C=O) groups is 1. The minimum atomic E-state index is -3.84. The Morgan fingerprint density at radius 3 is 2.63 bits per heavy atom. The highest BCUT2D eigenvalue weighted by molar-refractivity contribution is 7.99. The molecule has 0 aliphatic carbocycles. The number of amides is 1. The van der Waals surface area contributed by atoms with Gasteiger partial charge in [-0.1, -0.05) is 41.6 Å². The number of halogens is 1. The van der Waals surface area contributed by atoms with E-state index in [-0.39, 0.29) is 32.4 Å². The molecule has 11 heteroatoms. The number of rotatable bonds is 7. The lowest BCUT2D eigenvalue weighted by atomic mass is 10.3. The lowest BCUT2D eigenvalue weighted by Crippen LogP contribution is -2.15. The zero-order valence-electron chi connectivity index (χ0n) is 15.7. The van der Waals surface area contributed by atoms with Gasteiger partial charge in [0.1, 0.15) is 16.5 Å². The molecule has 0 bridgehead atoms. The minimum Gasteiger partial charge on any atom is -0.495 e. The molecule has 8 nitrogen and oxygen atoms in total. The quantitative estimate of drug-likeness (QED) is 0.403. The standard InChI is InChI=1S/C19H17ClN4O4S2/c1-28-15-8-7-12(20)9-14(15)23-17(25)11-29-19-22-10-16(18(21)24-19)30(26,27)13-5-3-2-4-6-13/h2-10H,11H2,1H3,(H,23,25)(H2,21,22,24). The molecular weight excluding hydrogens is 448 g/mol. The Kier molecular flexibility index (Phi) is 6.80. The van der Waals surface area contributed by atoms with Gasteiger partial charge in [-0.25, -0.2) is 18.4 Å². The molecule has 0 atom stereocenters. The van der Waals surface area contributed by atoms with E-state index < -0.39 is 9.84 Å². The molecular formula is C19H17ClN4O4S2. The van der Waals surface area contributed by atoms with Crippen LogP contribution in [0.25, 0.3) is 0 Å². The third-order valence-electron chi connectivity index (χ3n) is 3.87. The first kappa shape index (κ1) is 21.9. The first-order chi connectivity index (χ1) is 14.3. The summed E-state index contributed by atoms with van der Waals surface area (Å²) in [6.07, 6.45) is 1.14. The second-order valence-corrected chi connectivity index (χ2v) is 9.20. The van der Waals surface area contributed by atoms with Gasteiger partial charge in [-0.05, 0) is 30.3 Å². The Balaban J connectivity index is 1.69. The van der Waals surface area contributed by atoms with E-state index in [1.165, 1.54) is 19.2 Å². The summed E-state index contributed by atoms with van der Waals surface area (Å²) in [4.78, 5) is 20.2. The second kappa shape index (κ2) is 9.33. The van der Waals surface area contributed by atoms with Gasteiger partial charge in [0.2, 0.25) is 15.7 Å². The Bertz CT molecular complexity index is 1170. The van der Waals surface area contributed by atoms with Gasteiger partial charge >= 0.3 is 0 Å². The number of benzene rings is 2. The number of anilines is 2. The van der Waals surface area contributed by atoms with Gasteiger partial charge in [0.05, 0.1) is 29.6 Å². The Morgan fingerprint density at radius 2 is 1.97 bits per heavy atom. The number of methoxy groups -OCH3 is 1. The van der Waals surface area contributed by atoms with Crippen molar-refractivity contribution in [3.63, 3.8) is 0 Å². The maximum atomic E-state index is 12.7. The summed E-state index contributed by atoms with van der Waals surface area (Å²) in [5, 5.41) is 3.32. The maximum absolute atomic E-state index is 12.7. The Labute approximate surface area is 182 Å². The van der Waals surface area contributed by atoms with Crippen LogP contribution in [-0.2, 0) is 14.6 Å². The zero-order valence-corrected chi connectivity index (χ0v) is 18.1. The molecule has 3 N–H and O–H groups in total. The fourth-order valence-electron chi connectivity index (χ4n) is 2.46. The van der Waals surface area contributed by atoms with Crippen molar-refractivity contribution in [3.8, 4) is 5.75 Å². The van der Waals surface area contributed by atoms with E-state index >= 15 is 0 Å². The highest BCUT2D eigenvalue weighted by Crippen LogP contribution is 2.29. The number of aromatic nitrogens is 2. The van der Waals surface area contributed by atoms with Crippen LogP contribution in [-0.4, -0.2) is 37.2 Å². The summed E-state index contributed by atoms with van der Waals surface area (Å²) in [6, 6.07) is 12.7. The average molecular weight is 465 g/mol. The third kappa shape index (κ3) is 5.02. The van der Waals surface area contributed by atoms with Crippen LogP contribution in [0.4, 0.5) is 11.5 Å². The van der Waals surface area contributed by atoms with E-state index in [1.807, 2.05) is 0 Å². The van der Waals surface area contributed by atoms with Crippen LogP contribution < -0.4 is 15.8 Å². The van der Waals surface area contributed by atoms with Crippen molar-refractivity contribution in [2.75, 3.05) is 23.9 Å². The number of thioether (sulfide) groups is 1. The number of hydrogen-bond acceptors (Lipinski definition) is 8. The van der Waals surface area contributed by atoms with Crippen LogP contribution in [0.5, 0.6) is 5.75 Å². The largest absolute Gasteiger partial charge is 0.495 e. The number of carbonyl (C=O) groups excluding carboxylic acids is 1. The lowest BCUT2D eigenvalue weighted by molar-refractivity contribution is -0.113. The molecule has 156 valence electrons. The molecule has 1 heterocycles. The molecule has 0 saturated heterocycles. The highest BCUT2D eigenvalue weighted by Gasteiger charge is 2.22. The number of nitrogens with one attached hydrogen (secondary N) is 1. The van der Waals surface area contributed by atoms with Crippen LogP contribution in [0.15, 0.2) is 69.7 Å². The van der Waals surface area contributed by atoms with E-state index in [0.29, 0.717) is 16.5 Å². The second-order valence-electron chi connectivity index (χ2n) is 5.90. The van der Waals surface area contributed by atoms with Gasteiger partial charge < -0.3 is 15.8 Å². The molecule has 3 rings (SSSR count). The normalized spacial score (nSPS) is 11.1. The topological polar surface area (TPSA) is 124 Å². The predicted octanol–water partition coefficient (Wildman–Crippen LogP) is 3.28. The van der Waals surface area contributed by atoms with Gasteiger partial charge in [-0.15, -0.1) is 0 Å². The number of sulfone groups is 1. The average Bonchev–Trinajstić information content (AvgIpc) is 2.73. The number of ether oxygens (including phenoxy) is 1. The molecule has 2 aromatic carbocycles. The summed E-state index contributed by atoms with van der Waals surface area (Å²) in [6.45, 7) is 0. The van der Waals surface area contributed by atoms with E-state index in [4.69, 9.17) is 22.1 Å². The van der Waals surface area contributed by atoms with Gasteiger partial charge in [0, 0.05) is 5.02 Å². The van der Waals surface area contributed by atoms with E-state index in [0.717, 1.165) is 18.0 Å². The molecule has 1 amide bonds. The number of nitrogens with two attached hydrogens (primary N) is 1. The van der Waals surface area contributed by atoms with Crippen LogP contribution in [0, 0.1) is 0 Å². The Morgan fingerprint density at radius 1 is 1.23 bits per heavy atom. The first-order valence-corrected chi connectivity index (χ1v) is 11.3. The van der Waals surface area contributed by atoms with E-state index in [1.54, 1.807) is 36.4 Å². The van der Waals surface area contributed by atoms with Crippen molar-refractivity contribution >= 4 is 50.6 Å². The van der Waals surface area contributed by atoms with E-state index in [9.17, 15) is 13.2 Å². The fraction of sp³-hybridized carbons (Fsp3) is 0.105. The number of nitrogen functional groups attached to an aromatic ring is 1. The molecule has 1 aromatic heterocycles. The van der Waals surface area contributed by atoms with Crippen molar-refractivity contribution in [3.05, 3.63) is 59.8 Å². The van der Waals surface area contributed by atoms with Gasteiger partial charge in [0.15, 0.2) is 5.16 Å². The van der Waals surface area contributed by atoms with Crippen molar-refractivity contribution < 1.29 is 17.9 Å². The Hall–Kier alpha value is -2.82. The monoisotopic (exact) mass is 464 g/mol. The van der Waals surface area contributed by atoms with Crippen molar-refractivity contribution in [2.45, 2.75) is 14.9 Å². The molecule has 0 fully saturated rings. The van der Waals surface area contributed by atoms with Gasteiger partial charge in [-0.2, -0.15) is 0 Å². The molecule has 0 spiro atoms. The summed E-state index contributed by atoms with van der Waals surface area (Å²) < 4.78 is 30.5. The number of nitrogens with zero attached hydrogens (tertiary/aromatic N) is 2. The molecule has 0 aliphatic rings. The molecule has 0 saturated carbocycles. The highest BCUT2D eigenvalue weighted by atomic mass is 35.5. The lowest BCUT2D eigenvalue weighted by Gasteiger charge is -2.10. The van der Waals surface area contributed by atoms with Gasteiger partial charge in [-0.3, -0.25) is 4.79 Å². The van der Waals surface area contributed by atoms with Crippen molar-refractivity contribution in [1.82, 2.24) is 9.97 Å². The summed E-state index contributed by atoms with van der Waals surface area (Å²) in [5.41, 5.74) is 6.28. The first-order valence-electron chi connectivity index (χ1n) is 8.50.